The zero-order valence-corrected chi connectivity index (χ0v) is 15.2. The van der Waals surface area contributed by atoms with Gasteiger partial charge in [0, 0.05) is 13.8 Å². The molecule has 0 fully saturated rings. The summed E-state index contributed by atoms with van der Waals surface area (Å²) in [7, 11) is 0. The highest BCUT2D eigenvalue weighted by atomic mass is 79.9. The summed E-state index contributed by atoms with van der Waals surface area (Å²) in [4.78, 5) is 13.7. The van der Waals surface area contributed by atoms with Crippen molar-refractivity contribution in [3.63, 3.8) is 0 Å². The number of rotatable bonds is 4. The Morgan fingerprint density at radius 3 is 2.60 bits per heavy atom. The van der Waals surface area contributed by atoms with Gasteiger partial charge in [-0.25, -0.2) is 0 Å². The van der Waals surface area contributed by atoms with Gasteiger partial charge in [-0.15, -0.1) is 11.3 Å². The average Bonchev–Trinajstić information content (AvgIpc) is 2.91. The SMILES string of the molecule is CC(C)C(NC(=O)c1cc(Br)ccc1Br)c1cccs1. The molecular formula is C15H15Br2NOS. The van der Waals surface area contributed by atoms with Crippen molar-refractivity contribution in [3.8, 4) is 0 Å². The fourth-order valence-electron chi connectivity index (χ4n) is 1.93. The third-order valence-corrected chi connectivity index (χ3v) is 5.12. The molecule has 1 atom stereocenters. The molecule has 0 saturated heterocycles. The molecule has 0 aliphatic carbocycles. The first-order valence-corrected chi connectivity index (χ1v) is 8.75. The van der Waals surface area contributed by atoms with E-state index in [0.717, 1.165) is 8.95 Å². The monoisotopic (exact) mass is 415 g/mol. The van der Waals surface area contributed by atoms with Gasteiger partial charge >= 0.3 is 0 Å². The molecule has 20 heavy (non-hydrogen) atoms. The molecular weight excluding hydrogens is 402 g/mol. The highest BCUT2D eigenvalue weighted by Gasteiger charge is 2.21. The number of thiophene rings is 1. The molecule has 0 radical (unpaired) electrons. The van der Waals surface area contributed by atoms with Crippen LogP contribution in [0.25, 0.3) is 0 Å². The Labute approximate surface area is 139 Å². The maximum atomic E-state index is 12.5. The molecule has 1 aromatic heterocycles. The number of amides is 1. The highest BCUT2D eigenvalue weighted by molar-refractivity contribution is 9.11. The van der Waals surface area contributed by atoms with Crippen LogP contribution in [0.15, 0.2) is 44.7 Å². The molecule has 1 aromatic carbocycles. The van der Waals surface area contributed by atoms with Gasteiger partial charge in [0.2, 0.25) is 0 Å². The van der Waals surface area contributed by atoms with Crippen LogP contribution in [0.1, 0.15) is 35.1 Å². The molecule has 106 valence electrons. The van der Waals surface area contributed by atoms with Gasteiger partial charge in [0.25, 0.3) is 5.91 Å². The van der Waals surface area contributed by atoms with Crippen molar-refractivity contribution in [3.05, 3.63) is 55.1 Å². The molecule has 1 N–H and O–H groups in total. The maximum absolute atomic E-state index is 12.5. The number of nitrogens with one attached hydrogen (secondary N) is 1. The molecule has 2 rings (SSSR count). The second kappa shape index (κ2) is 6.87. The van der Waals surface area contributed by atoms with Crippen molar-refractivity contribution in [2.45, 2.75) is 19.9 Å². The van der Waals surface area contributed by atoms with Crippen molar-refractivity contribution in [2.75, 3.05) is 0 Å². The minimum Gasteiger partial charge on any atom is -0.344 e. The fraction of sp³-hybridized carbons (Fsp3) is 0.267. The van der Waals surface area contributed by atoms with Crippen molar-refractivity contribution in [2.24, 2.45) is 5.92 Å². The minimum absolute atomic E-state index is 0.0355. The first-order valence-electron chi connectivity index (χ1n) is 6.28. The van der Waals surface area contributed by atoms with Gasteiger partial charge in [-0.3, -0.25) is 4.79 Å². The second-order valence-electron chi connectivity index (χ2n) is 4.83. The van der Waals surface area contributed by atoms with E-state index < -0.39 is 0 Å². The number of carbonyl (C=O) groups excluding carboxylic acids is 1. The normalized spacial score (nSPS) is 12.4. The number of hydrogen-bond donors (Lipinski definition) is 1. The Hall–Kier alpha value is -0.650. The van der Waals surface area contributed by atoms with E-state index >= 15 is 0 Å². The number of benzene rings is 1. The second-order valence-corrected chi connectivity index (χ2v) is 7.58. The quantitative estimate of drug-likeness (QED) is 0.710. The van der Waals surface area contributed by atoms with Gasteiger partial charge in [-0.1, -0.05) is 35.8 Å². The first kappa shape index (κ1) is 15.7. The van der Waals surface area contributed by atoms with E-state index in [0.29, 0.717) is 11.5 Å². The molecule has 0 aliphatic heterocycles. The Kier molecular flexibility index (Phi) is 5.41. The fourth-order valence-corrected chi connectivity index (χ4v) is 3.66. The lowest BCUT2D eigenvalue weighted by Gasteiger charge is -2.21. The standard InChI is InChI=1S/C15H15Br2NOS/c1-9(2)14(13-4-3-7-20-13)18-15(19)11-8-10(16)5-6-12(11)17/h3-9,14H,1-2H3,(H,18,19). The summed E-state index contributed by atoms with van der Waals surface area (Å²) in [6.07, 6.45) is 0. The number of hydrogen-bond acceptors (Lipinski definition) is 2. The summed E-state index contributed by atoms with van der Waals surface area (Å²) in [5, 5.41) is 5.16. The number of carbonyl (C=O) groups is 1. The molecule has 0 saturated carbocycles. The molecule has 5 heteroatoms. The topological polar surface area (TPSA) is 29.1 Å². The summed E-state index contributed by atoms with van der Waals surface area (Å²) < 4.78 is 1.69. The van der Waals surface area contributed by atoms with Gasteiger partial charge in [0.1, 0.15) is 0 Å². The molecule has 1 heterocycles. The Morgan fingerprint density at radius 2 is 2.00 bits per heavy atom. The van der Waals surface area contributed by atoms with E-state index in [1.54, 1.807) is 11.3 Å². The van der Waals surface area contributed by atoms with Crippen molar-refractivity contribution >= 4 is 49.1 Å². The van der Waals surface area contributed by atoms with E-state index in [2.05, 4.69) is 57.1 Å². The molecule has 0 aliphatic rings. The predicted octanol–water partition coefficient (Wildman–Crippen LogP) is 5.40. The lowest BCUT2D eigenvalue weighted by Crippen LogP contribution is -2.31. The lowest BCUT2D eigenvalue weighted by molar-refractivity contribution is 0.0925. The van der Waals surface area contributed by atoms with Crippen molar-refractivity contribution in [1.29, 1.82) is 0 Å². The van der Waals surface area contributed by atoms with E-state index in [1.807, 2.05) is 29.6 Å². The molecule has 0 spiro atoms. The van der Waals surface area contributed by atoms with Crippen LogP contribution >= 0.6 is 43.2 Å². The summed E-state index contributed by atoms with van der Waals surface area (Å²) in [6.45, 7) is 4.22. The van der Waals surface area contributed by atoms with E-state index in [4.69, 9.17) is 0 Å². The van der Waals surface area contributed by atoms with Crippen LogP contribution in [0.2, 0.25) is 0 Å². The van der Waals surface area contributed by atoms with Crippen LogP contribution in [0.3, 0.4) is 0 Å². The molecule has 2 aromatic rings. The maximum Gasteiger partial charge on any atom is 0.252 e. The third-order valence-electron chi connectivity index (χ3n) is 2.98. The molecule has 1 amide bonds. The summed E-state index contributed by atoms with van der Waals surface area (Å²) in [5.41, 5.74) is 0.640. The summed E-state index contributed by atoms with van der Waals surface area (Å²) >= 11 is 8.50. The van der Waals surface area contributed by atoms with Gasteiger partial charge in [-0.05, 0) is 51.5 Å². The lowest BCUT2D eigenvalue weighted by atomic mass is 10.0. The average molecular weight is 417 g/mol. The zero-order chi connectivity index (χ0) is 14.7. The van der Waals surface area contributed by atoms with Crippen LogP contribution in [0, 0.1) is 5.92 Å². The van der Waals surface area contributed by atoms with E-state index in [-0.39, 0.29) is 11.9 Å². The van der Waals surface area contributed by atoms with Crippen molar-refractivity contribution in [1.82, 2.24) is 5.32 Å². The van der Waals surface area contributed by atoms with Gasteiger partial charge in [0.05, 0.1) is 11.6 Å². The summed E-state index contributed by atoms with van der Waals surface area (Å²) in [5.74, 6) is 0.272. The molecule has 0 bridgehead atoms. The van der Waals surface area contributed by atoms with Gasteiger partial charge < -0.3 is 5.32 Å². The number of halogens is 2. The van der Waals surface area contributed by atoms with Crippen molar-refractivity contribution < 1.29 is 4.79 Å². The van der Waals surface area contributed by atoms with Crippen LogP contribution in [0.5, 0.6) is 0 Å². The smallest absolute Gasteiger partial charge is 0.252 e. The van der Waals surface area contributed by atoms with Crippen LogP contribution in [-0.2, 0) is 0 Å². The summed E-state index contributed by atoms with van der Waals surface area (Å²) in [6, 6.07) is 9.70. The van der Waals surface area contributed by atoms with E-state index in [1.165, 1.54) is 4.88 Å². The minimum atomic E-state index is -0.0646. The van der Waals surface area contributed by atoms with Crippen LogP contribution < -0.4 is 5.32 Å². The zero-order valence-electron chi connectivity index (χ0n) is 11.2. The Bertz CT molecular complexity index is 596. The molecule has 1 unspecified atom stereocenters. The first-order chi connectivity index (χ1) is 9.49. The largest absolute Gasteiger partial charge is 0.344 e. The third kappa shape index (κ3) is 3.71. The Morgan fingerprint density at radius 1 is 1.25 bits per heavy atom. The van der Waals surface area contributed by atoms with E-state index in [9.17, 15) is 4.79 Å². The molecule has 2 nitrogen and oxygen atoms in total. The van der Waals surface area contributed by atoms with Crippen LogP contribution in [-0.4, -0.2) is 5.91 Å². The van der Waals surface area contributed by atoms with Gasteiger partial charge in [0.15, 0.2) is 0 Å². The van der Waals surface area contributed by atoms with Gasteiger partial charge in [-0.2, -0.15) is 0 Å². The highest BCUT2D eigenvalue weighted by Crippen LogP contribution is 2.27. The van der Waals surface area contributed by atoms with Crippen LogP contribution in [0.4, 0.5) is 0 Å². The Balaban J connectivity index is 2.23. The predicted molar refractivity (Wildman–Crippen MR) is 91.2 cm³/mol.